The molecule has 0 spiro atoms. The molecule has 1 saturated heterocycles. The Morgan fingerprint density at radius 3 is 2.76 bits per heavy atom. The minimum Gasteiger partial charge on any atom is -0.364 e. The Bertz CT molecular complexity index is 768. The Labute approximate surface area is 148 Å². The van der Waals surface area contributed by atoms with Gasteiger partial charge >= 0.3 is 0 Å². The number of fused-ring (bicyclic) bond motifs is 1. The Morgan fingerprint density at radius 1 is 1.32 bits per heavy atom. The van der Waals surface area contributed by atoms with E-state index < -0.39 is 0 Å². The Morgan fingerprint density at radius 2 is 2.08 bits per heavy atom. The van der Waals surface area contributed by atoms with Crippen molar-refractivity contribution in [2.24, 2.45) is 5.41 Å². The van der Waals surface area contributed by atoms with Gasteiger partial charge in [0, 0.05) is 30.4 Å². The number of carbonyl (C=O) groups is 1. The number of piperidine rings is 1. The summed E-state index contributed by atoms with van der Waals surface area (Å²) >= 11 is 0. The van der Waals surface area contributed by atoms with Crippen LogP contribution in [0.2, 0.25) is 0 Å². The quantitative estimate of drug-likeness (QED) is 0.678. The van der Waals surface area contributed by atoms with Gasteiger partial charge in [-0.25, -0.2) is 0 Å². The number of anilines is 2. The van der Waals surface area contributed by atoms with Gasteiger partial charge in [-0.15, -0.1) is 0 Å². The van der Waals surface area contributed by atoms with E-state index in [2.05, 4.69) is 28.2 Å². The summed E-state index contributed by atoms with van der Waals surface area (Å²) in [6, 6.07) is 4.20. The first-order valence-electron chi connectivity index (χ1n) is 9.03. The van der Waals surface area contributed by atoms with Gasteiger partial charge in [-0.3, -0.25) is 9.78 Å². The fourth-order valence-corrected chi connectivity index (χ4v) is 3.85. The Hall–Kier alpha value is -2.55. The Balaban J connectivity index is 1.77. The molecule has 0 unspecified atom stereocenters. The number of hydrogen-bond donors (Lipinski definition) is 1. The van der Waals surface area contributed by atoms with Crippen LogP contribution in [0.4, 0.5) is 11.4 Å². The first-order chi connectivity index (χ1) is 12.1. The van der Waals surface area contributed by atoms with Crippen molar-refractivity contribution in [3.05, 3.63) is 29.7 Å². The number of carbonyl (C=O) groups excluding carboxylic acids is 1. The third-order valence-electron chi connectivity index (χ3n) is 5.56. The van der Waals surface area contributed by atoms with E-state index in [9.17, 15) is 10.1 Å². The fraction of sp³-hybridized carbons (Fsp3) is 0.526. The highest BCUT2D eigenvalue weighted by molar-refractivity contribution is 5.99. The molecule has 2 aliphatic heterocycles. The highest BCUT2D eigenvalue weighted by Crippen LogP contribution is 2.55. The minimum atomic E-state index is -0.104. The molecule has 6 heteroatoms. The van der Waals surface area contributed by atoms with Crippen LogP contribution in [0.1, 0.15) is 39.0 Å². The first kappa shape index (κ1) is 15.9. The monoisotopic (exact) mass is 337 g/mol. The molecular weight excluding hydrogens is 314 g/mol. The number of aromatic nitrogens is 1. The van der Waals surface area contributed by atoms with E-state index in [0.29, 0.717) is 12.2 Å². The zero-order valence-corrected chi connectivity index (χ0v) is 14.6. The zero-order chi connectivity index (χ0) is 17.4. The highest BCUT2D eigenvalue weighted by Gasteiger charge is 2.48. The van der Waals surface area contributed by atoms with Crippen LogP contribution >= 0.6 is 0 Å². The summed E-state index contributed by atoms with van der Waals surface area (Å²) in [5.74, 6) is -0.104. The van der Waals surface area contributed by atoms with Crippen molar-refractivity contribution >= 4 is 17.3 Å². The van der Waals surface area contributed by atoms with Gasteiger partial charge < -0.3 is 15.1 Å². The maximum atomic E-state index is 13.1. The lowest BCUT2D eigenvalue weighted by molar-refractivity contribution is -0.127. The molecule has 25 heavy (non-hydrogen) atoms. The Kier molecular flexibility index (Phi) is 3.87. The largest absolute Gasteiger partial charge is 0.364 e. The zero-order valence-electron chi connectivity index (χ0n) is 14.6. The lowest BCUT2D eigenvalue weighted by Crippen LogP contribution is -2.39. The van der Waals surface area contributed by atoms with Crippen LogP contribution < -0.4 is 10.2 Å². The predicted octanol–water partition coefficient (Wildman–Crippen LogP) is 2.86. The second kappa shape index (κ2) is 6.07. The molecular formula is C19H23N5O. The average Bonchev–Trinajstić information content (AvgIpc) is 3.26. The molecule has 3 aliphatic rings. The molecule has 0 bridgehead atoms. The molecule has 0 aromatic carbocycles. The molecule has 6 nitrogen and oxygen atoms in total. The number of nitriles is 1. The normalized spacial score (nSPS) is 21.8. The summed E-state index contributed by atoms with van der Waals surface area (Å²) in [4.78, 5) is 21.2. The lowest BCUT2D eigenvalue weighted by Gasteiger charge is -2.31. The van der Waals surface area contributed by atoms with Crippen molar-refractivity contribution in [2.75, 3.05) is 30.0 Å². The van der Waals surface area contributed by atoms with E-state index in [-0.39, 0.29) is 11.3 Å². The van der Waals surface area contributed by atoms with Gasteiger partial charge in [-0.2, -0.15) is 5.26 Å². The summed E-state index contributed by atoms with van der Waals surface area (Å²) in [5, 5.41) is 13.2. The van der Waals surface area contributed by atoms with Crippen LogP contribution in [0.25, 0.3) is 0 Å². The molecule has 2 fully saturated rings. The molecule has 1 aromatic heterocycles. The van der Waals surface area contributed by atoms with Gasteiger partial charge in [-0.05, 0) is 38.2 Å². The van der Waals surface area contributed by atoms with Crippen molar-refractivity contribution < 1.29 is 4.79 Å². The van der Waals surface area contributed by atoms with Crippen molar-refractivity contribution in [3.8, 4) is 6.07 Å². The molecule has 1 saturated carbocycles. The predicted molar refractivity (Wildman–Crippen MR) is 95.6 cm³/mol. The van der Waals surface area contributed by atoms with Crippen LogP contribution in [-0.4, -0.2) is 35.5 Å². The second-order valence-corrected chi connectivity index (χ2v) is 7.40. The van der Waals surface area contributed by atoms with Gasteiger partial charge in [0.15, 0.2) is 0 Å². The number of hydrogen-bond acceptors (Lipinski definition) is 5. The first-order valence-corrected chi connectivity index (χ1v) is 9.03. The molecule has 0 atom stereocenters. The number of pyridine rings is 1. The molecule has 4 rings (SSSR count). The van der Waals surface area contributed by atoms with E-state index in [1.54, 1.807) is 12.4 Å². The topological polar surface area (TPSA) is 72.3 Å². The number of likely N-dealkylation sites (tertiary alicyclic amines) is 1. The van der Waals surface area contributed by atoms with Crippen molar-refractivity contribution in [1.82, 2.24) is 9.88 Å². The van der Waals surface area contributed by atoms with E-state index in [4.69, 9.17) is 0 Å². The van der Waals surface area contributed by atoms with Gasteiger partial charge in [0.25, 0.3) is 5.91 Å². The van der Waals surface area contributed by atoms with Gasteiger partial charge in [-0.1, -0.05) is 6.92 Å². The summed E-state index contributed by atoms with van der Waals surface area (Å²) in [5.41, 5.74) is 3.05. The molecule has 0 radical (unpaired) electrons. The highest BCUT2D eigenvalue weighted by atomic mass is 16.2. The minimum absolute atomic E-state index is 0.0942. The van der Waals surface area contributed by atoms with Gasteiger partial charge in [0.2, 0.25) is 0 Å². The van der Waals surface area contributed by atoms with Crippen LogP contribution in [0.5, 0.6) is 0 Å². The summed E-state index contributed by atoms with van der Waals surface area (Å²) in [7, 11) is 0. The SMILES string of the molecule is CC1(C(=C(C#N)C(=O)N2CCCCC2)N2CNc3cnccc32)CC1. The molecule has 1 aliphatic carbocycles. The third-order valence-corrected chi connectivity index (χ3v) is 5.56. The van der Waals surface area contributed by atoms with E-state index in [1.165, 1.54) is 0 Å². The molecule has 130 valence electrons. The van der Waals surface area contributed by atoms with E-state index in [0.717, 1.165) is 62.3 Å². The smallest absolute Gasteiger partial charge is 0.266 e. The third kappa shape index (κ3) is 2.74. The van der Waals surface area contributed by atoms with E-state index >= 15 is 0 Å². The number of allylic oxidation sites excluding steroid dienone is 1. The molecule has 1 aromatic rings. The molecule has 1 N–H and O–H groups in total. The average molecular weight is 337 g/mol. The maximum absolute atomic E-state index is 13.1. The molecule has 3 heterocycles. The lowest BCUT2D eigenvalue weighted by atomic mass is 9.97. The fourth-order valence-electron chi connectivity index (χ4n) is 3.85. The van der Waals surface area contributed by atoms with Gasteiger partial charge in [0.05, 0.1) is 24.2 Å². The standard InChI is InChI=1S/C19H23N5O/c1-19(6-7-19)17(24-13-22-15-12-21-8-5-16(15)24)14(11-20)18(25)23-9-3-2-4-10-23/h5,8,12,22H,2-4,6-7,9-10,13H2,1H3. The van der Waals surface area contributed by atoms with Crippen molar-refractivity contribution in [1.29, 1.82) is 5.26 Å². The number of amides is 1. The van der Waals surface area contributed by atoms with Crippen LogP contribution in [-0.2, 0) is 4.79 Å². The summed E-state index contributed by atoms with van der Waals surface area (Å²) in [6.07, 6.45) is 8.78. The number of nitrogens with zero attached hydrogens (tertiary/aromatic N) is 4. The van der Waals surface area contributed by atoms with Crippen LogP contribution in [0.3, 0.4) is 0 Å². The number of rotatable bonds is 3. The van der Waals surface area contributed by atoms with E-state index in [1.807, 2.05) is 11.0 Å². The summed E-state index contributed by atoms with van der Waals surface area (Å²) in [6.45, 7) is 4.24. The van der Waals surface area contributed by atoms with Gasteiger partial charge in [0.1, 0.15) is 11.6 Å². The maximum Gasteiger partial charge on any atom is 0.266 e. The van der Waals surface area contributed by atoms with Crippen molar-refractivity contribution in [3.63, 3.8) is 0 Å². The van der Waals surface area contributed by atoms with Crippen LogP contribution in [0, 0.1) is 16.7 Å². The summed E-state index contributed by atoms with van der Waals surface area (Å²) < 4.78 is 0. The molecule has 1 amide bonds. The number of nitrogens with one attached hydrogen (secondary N) is 1. The second-order valence-electron chi connectivity index (χ2n) is 7.40. The van der Waals surface area contributed by atoms with Crippen molar-refractivity contribution in [2.45, 2.75) is 39.0 Å². The van der Waals surface area contributed by atoms with Crippen LogP contribution in [0.15, 0.2) is 29.7 Å².